The molecule has 1 atom stereocenters. The highest BCUT2D eigenvalue weighted by Crippen LogP contribution is 2.45. The van der Waals surface area contributed by atoms with Gasteiger partial charge in [-0.25, -0.2) is 9.69 Å². The highest BCUT2D eigenvalue weighted by atomic mass is 16.2. The Bertz CT molecular complexity index is 1480. The minimum Gasteiger partial charge on any atom is -0.310 e. The summed E-state index contributed by atoms with van der Waals surface area (Å²) in [6, 6.07) is 16.6. The average Bonchev–Trinajstić information content (AvgIpc) is 3.29. The molecule has 0 unspecified atom stereocenters. The molecule has 200 valence electrons. The largest absolute Gasteiger partial charge is 0.332 e. The van der Waals surface area contributed by atoms with Crippen LogP contribution >= 0.6 is 0 Å². The minimum absolute atomic E-state index is 0.0233. The van der Waals surface area contributed by atoms with Gasteiger partial charge in [0.05, 0.1) is 5.69 Å². The fraction of sp³-hybridized carbons (Fsp3) is 0.355. The van der Waals surface area contributed by atoms with Crippen LogP contribution in [0.1, 0.15) is 56.0 Å². The molecule has 0 saturated carbocycles. The number of anilines is 2. The van der Waals surface area contributed by atoms with Gasteiger partial charge in [0.25, 0.3) is 5.91 Å². The highest BCUT2D eigenvalue weighted by molar-refractivity contribution is 6.23. The molecule has 0 radical (unpaired) electrons. The summed E-state index contributed by atoms with van der Waals surface area (Å²) < 4.78 is 0. The zero-order chi connectivity index (χ0) is 27.5. The van der Waals surface area contributed by atoms with Crippen LogP contribution in [0.3, 0.4) is 0 Å². The molecule has 6 rings (SSSR count). The van der Waals surface area contributed by atoms with E-state index in [0.717, 1.165) is 35.3 Å². The van der Waals surface area contributed by atoms with Crippen LogP contribution in [0.2, 0.25) is 0 Å². The number of urea groups is 1. The van der Waals surface area contributed by atoms with Crippen molar-refractivity contribution in [1.82, 2.24) is 15.2 Å². The number of nitrogens with one attached hydrogen (secondary N) is 1. The number of fused-ring (bicyclic) bond motifs is 2. The number of hydrogen-bond acceptors (Lipinski definition) is 5. The second kappa shape index (κ2) is 9.02. The zero-order valence-corrected chi connectivity index (χ0v) is 22.8. The van der Waals surface area contributed by atoms with E-state index >= 15 is 0 Å². The lowest BCUT2D eigenvalue weighted by atomic mass is 9.87. The molecular formula is C31H33N5O3. The fourth-order valence-corrected chi connectivity index (χ4v) is 6.10. The molecular weight excluding hydrogens is 490 g/mol. The van der Waals surface area contributed by atoms with Crippen molar-refractivity contribution in [3.8, 4) is 0 Å². The van der Waals surface area contributed by atoms with Crippen molar-refractivity contribution in [3.63, 3.8) is 0 Å². The lowest BCUT2D eigenvalue weighted by Crippen LogP contribution is -2.44. The van der Waals surface area contributed by atoms with E-state index < -0.39 is 11.6 Å². The Morgan fingerprint density at radius 2 is 1.77 bits per heavy atom. The van der Waals surface area contributed by atoms with Crippen LogP contribution in [0.4, 0.5) is 16.2 Å². The molecule has 0 aliphatic carbocycles. The second-order valence-corrected chi connectivity index (χ2v) is 11.8. The first-order valence-electron chi connectivity index (χ1n) is 13.4. The van der Waals surface area contributed by atoms with Crippen molar-refractivity contribution in [2.24, 2.45) is 0 Å². The molecule has 3 aromatic rings. The highest BCUT2D eigenvalue weighted by Gasteiger charge is 2.52. The first kappa shape index (κ1) is 25.2. The number of rotatable bonds is 4. The Morgan fingerprint density at radius 3 is 2.54 bits per heavy atom. The molecule has 1 fully saturated rings. The molecule has 0 bridgehead atoms. The predicted molar refractivity (Wildman–Crippen MR) is 149 cm³/mol. The maximum atomic E-state index is 14.0. The van der Waals surface area contributed by atoms with Crippen molar-refractivity contribution in [3.05, 3.63) is 89.2 Å². The molecule has 8 nitrogen and oxygen atoms in total. The van der Waals surface area contributed by atoms with Gasteiger partial charge in [-0.05, 0) is 66.8 Å². The van der Waals surface area contributed by atoms with Crippen LogP contribution in [0.5, 0.6) is 0 Å². The third kappa shape index (κ3) is 4.01. The van der Waals surface area contributed by atoms with Gasteiger partial charge < -0.3 is 15.1 Å². The number of benzene rings is 2. The molecule has 4 heterocycles. The third-order valence-corrected chi connectivity index (χ3v) is 8.35. The van der Waals surface area contributed by atoms with Crippen LogP contribution < -0.4 is 15.1 Å². The van der Waals surface area contributed by atoms with Crippen molar-refractivity contribution >= 4 is 29.2 Å². The maximum Gasteiger partial charge on any atom is 0.332 e. The lowest BCUT2D eigenvalue weighted by Gasteiger charge is -2.30. The van der Waals surface area contributed by atoms with E-state index in [0.29, 0.717) is 18.8 Å². The van der Waals surface area contributed by atoms with E-state index in [4.69, 9.17) is 0 Å². The fourth-order valence-electron chi connectivity index (χ4n) is 6.10. The van der Waals surface area contributed by atoms with E-state index in [1.165, 1.54) is 10.5 Å². The quantitative estimate of drug-likeness (QED) is 0.514. The minimum atomic E-state index is -1.02. The number of pyridine rings is 1. The Hall–Kier alpha value is -4.04. The van der Waals surface area contributed by atoms with E-state index in [1.807, 2.05) is 53.4 Å². The SMILES string of the molecule is CC1(C)CN(C(=O)[C@@H]2NCCc3ccccc32)c2cc(N3C(=O)N(Cc4ccncc4)C(C)(C)C3=O)ccc21. The Kier molecular flexibility index (Phi) is 5.84. The van der Waals surface area contributed by atoms with Crippen LogP contribution in [0, 0.1) is 0 Å². The van der Waals surface area contributed by atoms with Crippen molar-refractivity contribution < 1.29 is 14.4 Å². The van der Waals surface area contributed by atoms with E-state index in [9.17, 15) is 14.4 Å². The number of carbonyl (C=O) groups excluding carboxylic acids is 3. The number of imide groups is 1. The van der Waals surface area contributed by atoms with Gasteiger partial charge in [-0.3, -0.25) is 14.6 Å². The van der Waals surface area contributed by atoms with Crippen molar-refractivity contribution in [1.29, 1.82) is 0 Å². The Morgan fingerprint density at radius 1 is 1.03 bits per heavy atom. The zero-order valence-electron chi connectivity index (χ0n) is 22.8. The number of nitrogens with zero attached hydrogens (tertiary/aromatic N) is 4. The summed E-state index contributed by atoms with van der Waals surface area (Å²) >= 11 is 0. The van der Waals surface area contributed by atoms with Gasteiger partial charge >= 0.3 is 6.03 Å². The summed E-state index contributed by atoms with van der Waals surface area (Å²) in [5, 5.41) is 3.41. The molecule has 1 aromatic heterocycles. The average molecular weight is 524 g/mol. The van der Waals surface area contributed by atoms with Gasteiger partial charge in [0.1, 0.15) is 11.6 Å². The normalized spacial score (nSPS) is 21.2. The van der Waals surface area contributed by atoms with E-state index in [2.05, 4.69) is 30.2 Å². The Balaban J connectivity index is 1.35. The molecule has 0 spiro atoms. The van der Waals surface area contributed by atoms with Crippen molar-refractivity contribution in [2.45, 2.75) is 57.7 Å². The summed E-state index contributed by atoms with van der Waals surface area (Å²) in [6.45, 7) is 9.33. The van der Waals surface area contributed by atoms with Gasteiger partial charge in [-0.15, -0.1) is 0 Å². The van der Waals surface area contributed by atoms with Crippen LogP contribution in [-0.4, -0.2) is 46.4 Å². The van der Waals surface area contributed by atoms with Gasteiger partial charge in [-0.1, -0.05) is 44.2 Å². The van der Waals surface area contributed by atoms with Crippen LogP contribution in [-0.2, 0) is 28.0 Å². The third-order valence-electron chi connectivity index (χ3n) is 8.35. The van der Waals surface area contributed by atoms with Gasteiger partial charge in [0.2, 0.25) is 5.91 Å². The topological polar surface area (TPSA) is 85.8 Å². The molecule has 3 aliphatic heterocycles. The first-order valence-corrected chi connectivity index (χ1v) is 13.4. The number of amides is 4. The van der Waals surface area contributed by atoms with Gasteiger partial charge in [0.15, 0.2) is 0 Å². The summed E-state index contributed by atoms with van der Waals surface area (Å²) in [5.74, 6) is -0.315. The monoisotopic (exact) mass is 523 g/mol. The van der Waals surface area contributed by atoms with Crippen LogP contribution in [0.25, 0.3) is 0 Å². The first-order chi connectivity index (χ1) is 18.6. The summed E-state index contributed by atoms with van der Waals surface area (Å²) in [7, 11) is 0. The van der Waals surface area contributed by atoms with Crippen LogP contribution in [0.15, 0.2) is 67.0 Å². The number of carbonyl (C=O) groups is 3. The number of aromatic nitrogens is 1. The van der Waals surface area contributed by atoms with Gasteiger partial charge in [0, 0.05) is 43.1 Å². The summed E-state index contributed by atoms with van der Waals surface area (Å²) in [6.07, 6.45) is 4.24. The molecule has 1 N–H and O–H groups in total. The molecule has 2 aromatic carbocycles. The molecule has 4 amide bonds. The van der Waals surface area contributed by atoms with Crippen molar-refractivity contribution in [2.75, 3.05) is 22.9 Å². The summed E-state index contributed by atoms with van der Waals surface area (Å²) in [4.78, 5) is 50.1. The molecule has 1 saturated heterocycles. The smallest absolute Gasteiger partial charge is 0.310 e. The molecule has 8 heteroatoms. The Labute approximate surface area is 228 Å². The standard InChI is InChI=1S/C31H33N5O3/c1-30(2)19-34(27(37)26-23-8-6-5-7-21(23)13-16-33-26)25-17-22(9-10-24(25)30)36-28(38)31(3,4)35(29(36)39)18-20-11-14-32-15-12-20/h5-12,14-15,17,26,33H,13,16,18-19H2,1-4H3/t26-/m1/s1. The molecule has 39 heavy (non-hydrogen) atoms. The van der Waals surface area contributed by atoms with E-state index in [-0.39, 0.29) is 23.3 Å². The lowest BCUT2D eigenvalue weighted by molar-refractivity contribution is -0.123. The second-order valence-electron chi connectivity index (χ2n) is 11.8. The van der Waals surface area contributed by atoms with Gasteiger partial charge in [-0.2, -0.15) is 0 Å². The predicted octanol–water partition coefficient (Wildman–Crippen LogP) is 4.34. The number of hydrogen-bond donors (Lipinski definition) is 1. The van der Waals surface area contributed by atoms with E-state index in [1.54, 1.807) is 31.1 Å². The maximum absolute atomic E-state index is 14.0. The summed E-state index contributed by atoms with van der Waals surface area (Å²) in [5.41, 5.74) is 4.04. The molecule has 3 aliphatic rings.